The maximum Gasteiger partial charge on any atom is 0.266 e. The Hall–Kier alpha value is -1.81. The summed E-state index contributed by atoms with van der Waals surface area (Å²) in [4.78, 5) is 7.83. The van der Waals surface area contributed by atoms with Crippen LogP contribution in [0, 0.1) is 0 Å². The van der Waals surface area contributed by atoms with E-state index in [2.05, 4.69) is 30.2 Å². The minimum Gasteiger partial charge on any atom is -0.355 e. The molecule has 2 aromatic heterocycles. The van der Waals surface area contributed by atoms with E-state index in [9.17, 15) is 8.42 Å². The highest BCUT2D eigenvalue weighted by Crippen LogP contribution is 2.19. The Bertz CT molecular complexity index is 667. The van der Waals surface area contributed by atoms with E-state index in [1.54, 1.807) is 0 Å². The van der Waals surface area contributed by atoms with Crippen LogP contribution in [-0.2, 0) is 16.4 Å². The van der Waals surface area contributed by atoms with E-state index in [-0.39, 0.29) is 10.0 Å². The monoisotopic (exact) mass is 314 g/mol. The maximum atomic E-state index is 12.1. The van der Waals surface area contributed by atoms with Crippen molar-refractivity contribution in [3.8, 4) is 0 Å². The Kier molecular flexibility index (Phi) is 4.45. The lowest BCUT2D eigenvalue weighted by Crippen LogP contribution is -2.14. The summed E-state index contributed by atoms with van der Waals surface area (Å²) in [6.45, 7) is 4.48. The minimum absolute atomic E-state index is 0.0209. The summed E-state index contributed by atoms with van der Waals surface area (Å²) in [7, 11) is -3.73. The summed E-state index contributed by atoms with van der Waals surface area (Å²) in [6, 6.07) is 0. The molecule has 2 aromatic rings. The summed E-state index contributed by atoms with van der Waals surface area (Å²) in [5.41, 5.74) is 0. The highest BCUT2D eigenvalue weighted by molar-refractivity contribution is 7.93. The van der Waals surface area contributed by atoms with Gasteiger partial charge < -0.3 is 5.32 Å². The quantitative estimate of drug-likeness (QED) is 0.822. The lowest BCUT2D eigenvalue weighted by atomic mass is 10.5. The smallest absolute Gasteiger partial charge is 0.266 e. The van der Waals surface area contributed by atoms with E-state index in [0.717, 1.165) is 5.01 Å². The number of sulfonamides is 1. The maximum absolute atomic E-state index is 12.1. The van der Waals surface area contributed by atoms with Gasteiger partial charge in [-0.1, -0.05) is 18.3 Å². The van der Waals surface area contributed by atoms with Crippen molar-refractivity contribution < 1.29 is 8.42 Å². The standard InChI is InChI=1S/C10H14N6O2S2/c1-3-8-14-15-10(19-8)16-20(17,18)7-5-12-9(11-4-2)13-6-7/h5-6H,3-4H2,1-2H3,(H,15,16)(H,11,12,13). The SMILES string of the molecule is CCNc1ncc(S(=O)(=O)Nc2nnc(CC)s2)cn1. The Morgan fingerprint density at radius 1 is 1.20 bits per heavy atom. The molecule has 0 atom stereocenters. The predicted molar refractivity (Wildman–Crippen MR) is 76.3 cm³/mol. The molecule has 0 saturated carbocycles. The van der Waals surface area contributed by atoms with Crippen LogP contribution in [0.1, 0.15) is 18.9 Å². The zero-order valence-corrected chi connectivity index (χ0v) is 12.6. The molecular weight excluding hydrogens is 300 g/mol. The van der Waals surface area contributed by atoms with Gasteiger partial charge in [-0.15, -0.1) is 10.2 Å². The van der Waals surface area contributed by atoms with Crippen LogP contribution >= 0.6 is 11.3 Å². The van der Waals surface area contributed by atoms with Gasteiger partial charge in [0.05, 0.1) is 12.4 Å². The second-order valence-electron chi connectivity index (χ2n) is 3.73. The molecule has 0 radical (unpaired) electrons. The number of anilines is 2. The summed E-state index contributed by atoms with van der Waals surface area (Å²) >= 11 is 1.20. The molecule has 10 heteroatoms. The summed E-state index contributed by atoms with van der Waals surface area (Å²) in [6.07, 6.45) is 3.20. The number of aryl methyl sites for hydroxylation is 1. The van der Waals surface area contributed by atoms with Gasteiger partial charge in [-0.2, -0.15) is 0 Å². The first kappa shape index (κ1) is 14.6. The van der Waals surface area contributed by atoms with Crippen LogP contribution in [0.25, 0.3) is 0 Å². The third kappa shape index (κ3) is 3.39. The van der Waals surface area contributed by atoms with Gasteiger partial charge in [0.2, 0.25) is 11.1 Å². The Balaban J connectivity index is 2.17. The fourth-order valence-corrected chi connectivity index (χ4v) is 3.11. The molecule has 2 rings (SSSR count). The topological polar surface area (TPSA) is 110 Å². The van der Waals surface area contributed by atoms with Crippen molar-refractivity contribution in [2.75, 3.05) is 16.6 Å². The molecule has 0 saturated heterocycles. The molecule has 2 N–H and O–H groups in total. The third-order valence-corrected chi connectivity index (χ3v) is 4.67. The molecule has 0 unspecified atom stereocenters. The van der Waals surface area contributed by atoms with Crippen molar-refractivity contribution in [3.05, 3.63) is 17.4 Å². The van der Waals surface area contributed by atoms with Gasteiger partial charge in [-0.25, -0.2) is 18.4 Å². The average molecular weight is 314 g/mol. The molecule has 0 spiro atoms. The van der Waals surface area contributed by atoms with Crippen molar-refractivity contribution in [1.82, 2.24) is 20.2 Å². The molecule has 0 bridgehead atoms. The molecule has 0 aliphatic rings. The normalized spacial score (nSPS) is 11.3. The summed E-state index contributed by atoms with van der Waals surface area (Å²) in [5, 5.41) is 11.5. The first-order chi connectivity index (χ1) is 9.55. The summed E-state index contributed by atoms with van der Waals surface area (Å²) < 4.78 is 26.5. The van der Waals surface area contributed by atoms with Crippen molar-refractivity contribution in [3.63, 3.8) is 0 Å². The zero-order chi connectivity index (χ0) is 14.6. The van der Waals surface area contributed by atoms with Gasteiger partial charge in [0.1, 0.15) is 9.90 Å². The number of hydrogen-bond donors (Lipinski definition) is 2. The molecule has 2 heterocycles. The Morgan fingerprint density at radius 3 is 2.45 bits per heavy atom. The number of hydrogen-bond acceptors (Lipinski definition) is 8. The summed E-state index contributed by atoms with van der Waals surface area (Å²) in [5.74, 6) is 0.385. The fourth-order valence-electron chi connectivity index (χ4n) is 1.32. The first-order valence-corrected chi connectivity index (χ1v) is 8.26. The van der Waals surface area contributed by atoms with Crippen LogP contribution in [0.4, 0.5) is 11.1 Å². The van der Waals surface area contributed by atoms with Gasteiger partial charge in [-0.05, 0) is 13.3 Å². The van der Waals surface area contributed by atoms with E-state index >= 15 is 0 Å². The largest absolute Gasteiger partial charge is 0.355 e. The van der Waals surface area contributed by atoms with Crippen LogP contribution in [0.2, 0.25) is 0 Å². The van der Waals surface area contributed by atoms with E-state index < -0.39 is 10.0 Å². The highest BCUT2D eigenvalue weighted by Gasteiger charge is 2.17. The molecular formula is C10H14N6O2S2. The van der Waals surface area contributed by atoms with Crippen molar-refractivity contribution in [2.45, 2.75) is 25.2 Å². The fraction of sp³-hybridized carbons (Fsp3) is 0.400. The van der Waals surface area contributed by atoms with Crippen LogP contribution in [0.15, 0.2) is 17.3 Å². The highest BCUT2D eigenvalue weighted by atomic mass is 32.2. The number of nitrogens with one attached hydrogen (secondary N) is 2. The lowest BCUT2D eigenvalue weighted by Gasteiger charge is -2.05. The van der Waals surface area contributed by atoms with Crippen LogP contribution in [-0.4, -0.2) is 35.1 Å². The van der Waals surface area contributed by atoms with Gasteiger partial charge >= 0.3 is 0 Å². The average Bonchev–Trinajstić information content (AvgIpc) is 2.87. The third-order valence-electron chi connectivity index (χ3n) is 2.26. The van der Waals surface area contributed by atoms with E-state index in [0.29, 0.717) is 18.9 Å². The van der Waals surface area contributed by atoms with Crippen molar-refractivity contribution in [1.29, 1.82) is 0 Å². The zero-order valence-electron chi connectivity index (χ0n) is 11.0. The lowest BCUT2D eigenvalue weighted by molar-refractivity contribution is 0.600. The molecule has 108 valence electrons. The molecule has 0 aromatic carbocycles. The van der Waals surface area contributed by atoms with Crippen molar-refractivity contribution in [2.24, 2.45) is 0 Å². The van der Waals surface area contributed by atoms with E-state index in [1.165, 1.54) is 23.7 Å². The minimum atomic E-state index is -3.73. The second kappa shape index (κ2) is 6.09. The molecule has 0 aliphatic carbocycles. The van der Waals surface area contributed by atoms with Crippen LogP contribution < -0.4 is 10.0 Å². The van der Waals surface area contributed by atoms with Crippen LogP contribution in [0.3, 0.4) is 0 Å². The van der Waals surface area contributed by atoms with Gasteiger partial charge in [0.25, 0.3) is 10.0 Å². The van der Waals surface area contributed by atoms with Crippen molar-refractivity contribution >= 4 is 32.4 Å². The van der Waals surface area contributed by atoms with Gasteiger partial charge in [0, 0.05) is 6.54 Å². The van der Waals surface area contributed by atoms with E-state index in [1.807, 2.05) is 13.8 Å². The number of rotatable bonds is 6. The number of aromatic nitrogens is 4. The Labute approximate surface area is 120 Å². The molecule has 20 heavy (non-hydrogen) atoms. The molecule has 8 nitrogen and oxygen atoms in total. The molecule has 0 aliphatic heterocycles. The molecule has 0 amide bonds. The predicted octanol–water partition coefficient (Wildman–Crippen LogP) is 1.12. The van der Waals surface area contributed by atoms with Gasteiger partial charge in [-0.3, -0.25) is 4.72 Å². The van der Waals surface area contributed by atoms with Gasteiger partial charge in [0.15, 0.2) is 0 Å². The first-order valence-electron chi connectivity index (χ1n) is 5.96. The second-order valence-corrected chi connectivity index (χ2v) is 6.48. The Morgan fingerprint density at radius 2 is 1.90 bits per heavy atom. The van der Waals surface area contributed by atoms with E-state index in [4.69, 9.17) is 0 Å². The van der Waals surface area contributed by atoms with Crippen LogP contribution in [0.5, 0.6) is 0 Å². The molecule has 0 fully saturated rings. The number of nitrogens with zero attached hydrogens (tertiary/aromatic N) is 4.